The third-order valence-corrected chi connectivity index (χ3v) is 4.65. The van der Waals surface area contributed by atoms with Crippen molar-refractivity contribution in [2.45, 2.75) is 38.1 Å². The minimum atomic E-state index is -0.132. The average molecular weight is 310 g/mol. The van der Waals surface area contributed by atoms with Gasteiger partial charge in [0, 0.05) is 19.5 Å². The third kappa shape index (κ3) is 4.54. The predicted octanol–water partition coefficient (Wildman–Crippen LogP) is 1.63. The van der Waals surface area contributed by atoms with Crippen LogP contribution in [0.15, 0.2) is 17.5 Å². The Morgan fingerprint density at radius 1 is 1.38 bits per heavy atom. The van der Waals surface area contributed by atoms with Gasteiger partial charge in [-0.2, -0.15) is 0 Å². The van der Waals surface area contributed by atoms with Crippen molar-refractivity contribution in [1.29, 1.82) is 0 Å². The van der Waals surface area contributed by atoms with Gasteiger partial charge in [-0.3, -0.25) is 9.59 Å². The smallest absolute Gasteiger partial charge is 0.261 e. The van der Waals surface area contributed by atoms with Crippen molar-refractivity contribution in [3.63, 3.8) is 0 Å². The number of amides is 2. The Morgan fingerprint density at radius 2 is 2.24 bits per heavy atom. The van der Waals surface area contributed by atoms with Gasteiger partial charge >= 0.3 is 0 Å². The van der Waals surface area contributed by atoms with Crippen LogP contribution < -0.4 is 5.32 Å². The van der Waals surface area contributed by atoms with E-state index in [4.69, 9.17) is 0 Å². The molecule has 2 N–H and O–H groups in total. The summed E-state index contributed by atoms with van der Waals surface area (Å²) in [5.41, 5.74) is 0. The Bertz CT molecular complexity index is 461. The van der Waals surface area contributed by atoms with Crippen LogP contribution in [0.4, 0.5) is 0 Å². The van der Waals surface area contributed by atoms with E-state index in [1.165, 1.54) is 11.3 Å². The monoisotopic (exact) mass is 310 g/mol. The molecule has 1 aliphatic heterocycles. The van der Waals surface area contributed by atoms with Crippen LogP contribution in [0.2, 0.25) is 0 Å². The lowest BCUT2D eigenvalue weighted by atomic mass is 10.1. The molecule has 0 aliphatic carbocycles. The molecule has 5 nitrogen and oxygen atoms in total. The van der Waals surface area contributed by atoms with Gasteiger partial charge in [-0.15, -0.1) is 11.3 Å². The zero-order valence-corrected chi connectivity index (χ0v) is 12.9. The maximum Gasteiger partial charge on any atom is 0.261 e. The Morgan fingerprint density at radius 3 is 2.95 bits per heavy atom. The highest BCUT2D eigenvalue weighted by atomic mass is 32.1. The maximum absolute atomic E-state index is 12.3. The second-order valence-electron chi connectivity index (χ2n) is 5.26. The Balaban J connectivity index is 1.79. The summed E-state index contributed by atoms with van der Waals surface area (Å²) < 4.78 is 0. The van der Waals surface area contributed by atoms with E-state index >= 15 is 0 Å². The molecule has 1 atom stereocenters. The van der Waals surface area contributed by atoms with Gasteiger partial charge in [-0.1, -0.05) is 18.9 Å². The molecule has 2 heterocycles. The summed E-state index contributed by atoms with van der Waals surface area (Å²) >= 11 is 1.38. The number of hydrogen-bond donors (Lipinski definition) is 2. The van der Waals surface area contributed by atoms with Gasteiger partial charge in [0.2, 0.25) is 5.91 Å². The van der Waals surface area contributed by atoms with Crippen molar-refractivity contribution in [2.24, 2.45) is 0 Å². The van der Waals surface area contributed by atoms with Crippen LogP contribution in [-0.2, 0) is 4.79 Å². The van der Waals surface area contributed by atoms with Gasteiger partial charge in [-0.05, 0) is 24.3 Å². The molecule has 0 bridgehead atoms. The van der Waals surface area contributed by atoms with Crippen LogP contribution in [0.1, 0.15) is 41.8 Å². The summed E-state index contributed by atoms with van der Waals surface area (Å²) in [7, 11) is 0. The number of carbonyl (C=O) groups excluding carboxylic acids is 2. The highest BCUT2D eigenvalue weighted by molar-refractivity contribution is 7.12. The van der Waals surface area contributed by atoms with Crippen molar-refractivity contribution >= 4 is 23.2 Å². The summed E-state index contributed by atoms with van der Waals surface area (Å²) in [6, 6.07) is 3.53. The molecule has 6 heteroatoms. The molecule has 1 fully saturated rings. The standard InChI is InChI=1S/C15H22N2O3S/c18-11-12-5-2-1-3-9-17(12)14(19)7-8-16-15(20)13-6-4-10-21-13/h4,6,10,12,18H,1-3,5,7-9,11H2,(H,16,20). The fourth-order valence-electron chi connectivity index (χ4n) is 2.62. The van der Waals surface area contributed by atoms with E-state index in [2.05, 4.69) is 5.32 Å². The molecule has 0 spiro atoms. The number of nitrogens with one attached hydrogen (secondary N) is 1. The van der Waals surface area contributed by atoms with Gasteiger partial charge < -0.3 is 15.3 Å². The van der Waals surface area contributed by atoms with Gasteiger partial charge in [0.05, 0.1) is 17.5 Å². The normalized spacial score (nSPS) is 19.1. The number of nitrogens with zero attached hydrogens (tertiary/aromatic N) is 1. The molecule has 1 aromatic rings. The van der Waals surface area contributed by atoms with Gasteiger partial charge in [0.25, 0.3) is 5.91 Å². The van der Waals surface area contributed by atoms with Gasteiger partial charge in [0.15, 0.2) is 0 Å². The molecule has 0 aromatic carbocycles. The number of carbonyl (C=O) groups is 2. The quantitative estimate of drug-likeness (QED) is 0.868. The molecule has 1 aliphatic rings. The Kier molecular flexibility index (Phi) is 6.20. The lowest BCUT2D eigenvalue weighted by Gasteiger charge is -2.28. The largest absolute Gasteiger partial charge is 0.394 e. The molecule has 1 saturated heterocycles. The fraction of sp³-hybridized carbons (Fsp3) is 0.600. The van der Waals surface area contributed by atoms with Crippen LogP contribution >= 0.6 is 11.3 Å². The van der Waals surface area contributed by atoms with Crippen LogP contribution in [0, 0.1) is 0 Å². The molecule has 1 aromatic heterocycles. The minimum absolute atomic E-state index is 0.0161. The summed E-state index contributed by atoms with van der Waals surface area (Å²) in [4.78, 5) is 26.5. The van der Waals surface area contributed by atoms with Crippen LogP contribution in [-0.4, -0.2) is 47.6 Å². The van der Waals surface area contributed by atoms with Crippen molar-refractivity contribution in [3.8, 4) is 0 Å². The van der Waals surface area contributed by atoms with E-state index in [9.17, 15) is 14.7 Å². The van der Waals surface area contributed by atoms with Gasteiger partial charge in [0.1, 0.15) is 0 Å². The summed E-state index contributed by atoms with van der Waals surface area (Å²) in [6.07, 6.45) is 4.31. The second-order valence-corrected chi connectivity index (χ2v) is 6.20. The second kappa shape index (κ2) is 8.14. The van der Waals surface area contributed by atoms with Crippen molar-refractivity contribution < 1.29 is 14.7 Å². The maximum atomic E-state index is 12.3. The zero-order valence-electron chi connectivity index (χ0n) is 12.1. The highest BCUT2D eigenvalue weighted by Gasteiger charge is 2.24. The predicted molar refractivity (Wildman–Crippen MR) is 82.3 cm³/mol. The number of thiophene rings is 1. The first-order valence-corrected chi connectivity index (χ1v) is 8.32. The first kappa shape index (κ1) is 16.0. The lowest BCUT2D eigenvalue weighted by Crippen LogP contribution is -2.43. The van der Waals surface area contributed by atoms with Crippen LogP contribution in [0.25, 0.3) is 0 Å². The number of aliphatic hydroxyl groups is 1. The van der Waals surface area contributed by atoms with E-state index in [0.29, 0.717) is 18.0 Å². The number of aliphatic hydroxyl groups excluding tert-OH is 1. The molecule has 0 saturated carbocycles. The van der Waals surface area contributed by atoms with Crippen molar-refractivity contribution in [3.05, 3.63) is 22.4 Å². The molecule has 21 heavy (non-hydrogen) atoms. The van der Waals surface area contributed by atoms with E-state index in [0.717, 1.165) is 25.7 Å². The molecular formula is C15H22N2O3S. The van der Waals surface area contributed by atoms with E-state index < -0.39 is 0 Å². The number of rotatable bonds is 5. The minimum Gasteiger partial charge on any atom is -0.394 e. The van der Waals surface area contributed by atoms with E-state index in [1.807, 2.05) is 11.4 Å². The number of hydrogen-bond acceptors (Lipinski definition) is 4. The summed E-state index contributed by atoms with van der Waals surface area (Å²) in [5, 5.41) is 14.0. The van der Waals surface area contributed by atoms with Crippen LogP contribution in [0.3, 0.4) is 0 Å². The summed E-state index contributed by atoms with van der Waals surface area (Å²) in [6.45, 7) is 1.07. The Labute approximate surface area is 129 Å². The topological polar surface area (TPSA) is 69.6 Å². The van der Waals surface area contributed by atoms with Gasteiger partial charge in [-0.25, -0.2) is 0 Å². The van der Waals surface area contributed by atoms with E-state index in [-0.39, 0.29) is 30.9 Å². The molecule has 1 unspecified atom stereocenters. The lowest BCUT2D eigenvalue weighted by molar-refractivity contribution is -0.134. The SMILES string of the molecule is O=C(NCCC(=O)N1CCCCCC1CO)c1cccs1. The third-order valence-electron chi connectivity index (χ3n) is 3.78. The average Bonchev–Trinajstić information content (AvgIpc) is 2.92. The Hall–Kier alpha value is -1.40. The molecule has 0 radical (unpaired) electrons. The fourth-order valence-corrected chi connectivity index (χ4v) is 3.26. The van der Waals surface area contributed by atoms with Crippen molar-refractivity contribution in [1.82, 2.24) is 10.2 Å². The first-order chi connectivity index (χ1) is 10.2. The summed E-state index contributed by atoms with van der Waals surface area (Å²) in [5.74, 6) is -0.116. The molecule has 116 valence electrons. The molecule has 2 rings (SSSR count). The first-order valence-electron chi connectivity index (χ1n) is 7.44. The van der Waals surface area contributed by atoms with Crippen LogP contribution in [0.5, 0.6) is 0 Å². The van der Waals surface area contributed by atoms with Crippen molar-refractivity contribution in [2.75, 3.05) is 19.7 Å². The molecular weight excluding hydrogens is 288 g/mol. The highest BCUT2D eigenvalue weighted by Crippen LogP contribution is 2.17. The number of likely N-dealkylation sites (tertiary alicyclic amines) is 1. The molecule has 2 amide bonds. The van der Waals surface area contributed by atoms with E-state index in [1.54, 1.807) is 11.0 Å². The zero-order chi connectivity index (χ0) is 15.1.